The van der Waals surface area contributed by atoms with Crippen molar-refractivity contribution < 1.29 is 18.7 Å². The molecule has 0 unspecified atom stereocenters. The highest BCUT2D eigenvalue weighted by atomic mass is 32.1. The van der Waals surface area contributed by atoms with E-state index >= 15 is 0 Å². The van der Waals surface area contributed by atoms with Crippen LogP contribution in [0.15, 0.2) is 48.4 Å². The van der Waals surface area contributed by atoms with Crippen LogP contribution in [0.1, 0.15) is 30.3 Å². The van der Waals surface area contributed by atoms with Crippen molar-refractivity contribution in [2.45, 2.75) is 26.3 Å². The molecule has 1 atom stereocenters. The largest absolute Gasteiger partial charge is 0.491 e. The number of halogens is 1. The maximum Gasteiger partial charge on any atom is 0.242 e. The van der Waals surface area contributed by atoms with E-state index in [9.17, 15) is 14.0 Å². The molecule has 2 heterocycles. The number of rotatable bonds is 8. The maximum absolute atomic E-state index is 13.5. The number of carbonyl (C=O) groups is 2. The zero-order valence-electron chi connectivity index (χ0n) is 17.3. The fourth-order valence-electron chi connectivity index (χ4n) is 3.61. The van der Waals surface area contributed by atoms with Crippen molar-refractivity contribution in [2.75, 3.05) is 26.2 Å². The van der Waals surface area contributed by atoms with Crippen LogP contribution in [0.5, 0.6) is 5.75 Å². The van der Waals surface area contributed by atoms with E-state index in [-0.39, 0.29) is 42.7 Å². The summed E-state index contributed by atoms with van der Waals surface area (Å²) in [6.07, 6.45) is 2.40. The summed E-state index contributed by atoms with van der Waals surface area (Å²) in [5.41, 5.74) is 1.06. The highest BCUT2D eigenvalue weighted by molar-refractivity contribution is 7.10. The smallest absolute Gasteiger partial charge is 0.242 e. The van der Waals surface area contributed by atoms with Gasteiger partial charge in [-0.1, -0.05) is 26.0 Å². The van der Waals surface area contributed by atoms with E-state index < -0.39 is 0 Å². The third-order valence-corrected chi connectivity index (χ3v) is 6.10. The second kappa shape index (κ2) is 9.89. The first-order valence-electron chi connectivity index (χ1n) is 10.0. The molecule has 2 aromatic rings. The van der Waals surface area contributed by atoms with E-state index in [1.165, 1.54) is 21.9 Å². The molecule has 7 heteroatoms. The molecule has 1 aromatic carbocycles. The summed E-state index contributed by atoms with van der Waals surface area (Å²) < 4.78 is 19.3. The van der Waals surface area contributed by atoms with Crippen molar-refractivity contribution in [3.05, 3.63) is 64.6 Å². The number of amides is 2. The van der Waals surface area contributed by atoms with Crippen molar-refractivity contribution in [2.24, 2.45) is 5.92 Å². The van der Waals surface area contributed by atoms with Gasteiger partial charge >= 0.3 is 0 Å². The lowest BCUT2D eigenvalue weighted by atomic mass is 10.0. The first kappa shape index (κ1) is 22.0. The van der Waals surface area contributed by atoms with Gasteiger partial charge in [0.2, 0.25) is 11.8 Å². The normalized spacial score (nSPS) is 15.6. The number of hydrogen-bond donors (Lipinski definition) is 0. The predicted molar refractivity (Wildman–Crippen MR) is 116 cm³/mol. The van der Waals surface area contributed by atoms with E-state index in [2.05, 4.69) is 6.58 Å². The minimum Gasteiger partial charge on any atom is -0.491 e. The molecule has 1 aliphatic rings. The van der Waals surface area contributed by atoms with Crippen LogP contribution in [0.25, 0.3) is 0 Å². The van der Waals surface area contributed by atoms with Gasteiger partial charge in [0, 0.05) is 30.0 Å². The molecule has 2 amide bonds. The van der Waals surface area contributed by atoms with Crippen LogP contribution in [0.4, 0.5) is 4.39 Å². The van der Waals surface area contributed by atoms with Gasteiger partial charge in [-0.25, -0.2) is 4.39 Å². The van der Waals surface area contributed by atoms with E-state index in [1.54, 1.807) is 34.4 Å². The van der Waals surface area contributed by atoms with Gasteiger partial charge in [0.25, 0.3) is 0 Å². The van der Waals surface area contributed by atoms with E-state index in [1.807, 2.05) is 25.3 Å². The number of thiophene rings is 1. The second-order valence-electron chi connectivity index (χ2n) is 7.58. The number of nitrogens with zero attached hydrogens (tertiary/aromatic N) is 2. The molecule has 30 heavy (non-hydrogen) atoms. The monoisotopic (exact) mass is 430 g/mol. The zero-order valence-corrected chi connectivity index (χ0v) is 18.2. The molecule has 3 rings (SSSR count). The molecule has 160 valence electrons. The van der Waals surface area contributed by atoms with Crippen LogP contribution in [0.2, 0.25) is 0 Å². The fraction of sp³-hybridized carbons (Fsp3) is 0.391. The zero-order chi connectivity index (χ0) is 21.7. The number of benzene rings is 1. The highest BCUT2D eigenvalue weighted by Gasteiger charge is 2.33. The van der Waals surface area contributed by atoms with Gasteiger partial charge in [0.05, 0.1) is 6.04 Å². The summed E-state index contributed by atoms with van der Waals surface area (Å²) in [5, 5.41) is 2.01. The second-order valence-corrected chi connectivity index (χ2v) is 8.58. The first-order chi connectivity index (χ1) is 14.4. The Morgan fingerprint density at radius 1 is 1.40 bits per heavy atom. The Labute approximate surface area is 180 Å². The number of ether oxygens (including phenoxy) is 1. The summed E-state index contributed by atoms with van der Waals surface area (Å²) in [6, 6.07) is 7.71. The molecule has 0 saturated heterocycles. The van der Waals surface area contributed by atoms with Crippen LogP contribution in [-0.4, -0.2) is 47.9 Å². The third-order valence-electron chi connectivity index (χ3n) is 5.10. The van der Waals surface area contributed by atoms with E-state index in [0.717, 1.165) is 12.0 Å². The molecule has 0 radical (unpaired) electrons. The van der Waals surface area contributed by atoms with Crippen LogP contribution in [-0.2, 0) is 16.0 Å². The molecule has 0 fully saturated rings. The lowest BCUT2D eigenvalue weighted by molar-refractivity contribution is -0.143. The number of fused-ring (bicyclic) bond motifs is 1. The molecule has 0 spiro atoms. The lowest BCUT2D eigenvalue weighted by Gasteiger charge is -2.37. The molecule has 1 aromatic heterocycles. The lowest BCUT2D eigenvalue weighted by Crippen LogP contribution is -2.48. The van der Waals surface area contributed by atoms with Gasteiger partial charge in [-0.3, -0.25) is 9.59 Å². The van der Waals surface area contributed by atoms with Crippen molar-refractivity contribution >= 4 is 23.2 Å². The Balaban J connectivity index is 1.78. The topological polar surface area (TPSA) is 49.9 Å². The van der Waals surface area contributed by atoms with Gasteiger partial charge in [-0.2, -0.15) is 0 Å². The minimum atomic E-state index is -0.368. The van der Waals surface area contributed by atoms with Crippen molar-refractivity contribution in [3.63, 3.8) is 0 Å². The van der Waals surface area contributed by atoms with Gasteiger partial charge in [-0.05, 0) is 35.6 Å². The average Bonchev–Trinajstić information content (AvgIpc) is 3.20. The molecular weight excluding hydrogens is 403 g/mol. The van der Waals surface area contributed by atoms with Crippen molar-refractivity contribution in [1.29, 1.82) is 0 Å². The van der Waals surface area contributed by atoms with Crippen molar-refractivity contribution in [1.82, 2.24) is 9.80 Å². The predicted octanol–water partition coefficient (Wildman–Crippen LogP) is 4.06. The first-order valence-corrected chi connectivity index (χ1v) is 10.9. The van der Waals surface area contributed by atoms with Crippen LogP contribution in [0, 0.1) is 11.7 Å². The summed E-state index contributed by atoms with van der Waals surface area (Å²) in [6.45, 7) is 8.44. The Morgan fingerprint density at radius 3 is 2.90 bits per heavy atom. The molecule has 1 aliphatic heterocycles. The Kier molecular flexibility index (Phi) is 7.26. The molecule has 0 aliphatic carbocycles. The fourth-order valence-corrected chi connectivity index (χ4v) is 4.54. The maximum atomic E-state index is 13.5. The molecule has 0 saturated carbocycles. The summed E-state index contributed by atoms with van der Waals surface area (Å²) in [5.74, 6) is -0.352. The van der Waals surface area contributed by atoms with Crippen LogP contribution >= 0.6 is 11.3 Å². The minimum absolute atomic E-state index is 0.00102. The van der Waals surface area contributed by atoms with Crippen LogP contribution < -0.4 is 4.74 Å². The molecular formula is C23H27FN2O3S. The number of hydrogen-bond acceptors (Lipinski definition) is 4. The highest BCUT2D eigenvalue weighted by Crippen LogP contribution is 2.34. The van der Waals surface area contributed by atoms with Crippen molar-refractivity contribution in [3.8, 4) is 5.75 Å². The SMILES string of the molecule is C=CCN(CC(=O)N1CCc2sccc2[C@H]1COc1cccc(F)c1)C(=O)C(C)C. The average molecular weight is 431 g/mol. The Bertz CT molecular complexity index is 911. The molecule has 0 N–H and O–H groups in total. The quantitative estimate of drug-likeness (QED) is 0.594. The van der Waals surface area contributed by atoms with Gasteiger partial charge in [-0.15, -0.1) is 17.9 Å². The number of carbonyl (C=O) groups excluding carboxylic acids is 2. The van der Waals surface area contributed by atoms with E-state index in [4.69, 9.17) is 4.74 Å². The van der Waals surface area contributed by atoms with Gasteiger partial charge < -0.3 is 14.5 Å². The molecule has 5 nitrogen and oxygen atoms in total. The van der Waals surface area contributed by atoms with E-state index in [0.29, 0.717) is 18.8 Å². The van der Waals surface area contributed by atoms with Gasteiger partial charge in [0.1, 0.15) is 24.7 Å². The Hall–Kier alpha value is -2.67. The van der Waals surface area contributed by atoms with Gasteiger partial charge in [0.15, 0.2) is 0 Å². The summed E-state index contributed by atoms with van der Waals surface area (Å²) in [7, 11) is 0. The standard InChI is InChI=1S/C23H27FN2O3S/c1-4-10-25(23(28)16(2)3)14-22(27)26-11-8-21-19(9-12-30-21)20(26)15-29-18-7-5-6-17(24)13-18/h4-7,9,12-13,16,20H,1,8,10-11,14-15H2,2-3H3/t20-/m1/s1. The summed E-state index contributed by atoms with van der Waals surface area (Å²) in [4.78, 5) is 30.2. The Morgan fingerprint density at radius 2 is 2.20 bits per heavy atom. The molecule has 0 bridgehead atoms. The van der Waals surface area contributed by atoms with Crippen LogP contribution in [0.3, 0.4) is 0 Å². The summed E-state index contributed by atoms with van der Waals surface area (Å²) >= 11 is 1.67. The third kappa shape index (κ3) is 5.08.